The fraction of sp³-hybridized carbons (Fsp3) is 0.467. The van der Waals surface area contributed by atoms with E-state index >= 15 is 0 Å². The van der Waals surface area contributed by atoms with E-state index in [1.165, 1.54) is 12.1 Å². The second-order valence-electron chi connectivity index (χ2n) is 5.56. The summed E-state index contributed by atoms with van der Waals surface area (Å²) in [5.41, 5.74) is 0.345. The van der Waals surface area contributed by atoms with E-state index in [9.17, 15) is 14.0 Å². The number of anilines is 1. The molecule has 1 aliphatic heterocycles. The van der Waals surface area contributed by atoms with Crippen LogP contribution in [0.15, 0.2) is 18.2 Å². The van der Waals surface area contributed by atoms with Gasteiger partial charge >= 0.3 is 5.97 Å². The van der Waals surface area contributed by atoms with Crippen molar-refractivity contribution in [1.29, 1.82) is 0 Å². The van der Waals surface area contributed by atoms with Gasteiger partial charge in [-0.15, -0.1) is 0 Å². The summed E-state index contributed by atoms with van der Waals surface area (Å²) in [5, 5.41) is 8.84. The molecule has 1 saturated heterocycles. The molecule has 0 bridgehead atoms. The highest BCUT2D eigenvalue weighted by Gasteiger charge is 2.34. The molecule has 0 spiro atoms. The largest absolute Gasteiger partial charge is 0.478 e. The van der Waals surface area contributed by atoms with Gasteiger partial charge in [0.05, 0.1) is 11.3 Å². The van der Waals surface area contributed by atoms with Crippen molar-refractivity contribution in [3.8, 4) is 0 Å². The van der Waals surface area contributed by atoms with Crippen molar-refractivity contribution < 1.29 is 19.1 Å². The maximum atomic E-state index is 14.0. The average Bonchev–Trinajstić information content (AvgIpc) is 3.31. The second kappa shape index (κ2) is 5.35. The van der Waals surface area contributed by atoms with Gasteiger partial charge in [-0.1, -0.05) is 0 Å². The standard InChI is InChI=1S/C15H17FN2O3/c16-12-9-11(15(20)21)3-4-13(12)17-5-7-18(8-6-17)14(19)10-1-2-10/h3-4,9-10H,1-2,5-8H2,(H,20,21). The van der Waals surface area contributed by atoms with Crippen LogP contribution in [-0.2, 0) is 4.79 Å². The first-order valence-corrected chi connectivity index (χ1v) is 7.13. The molecule has 1 aromatic carbocycles. The van der Waals surface area contributed by atoms with Crippen molar-refractivity contribution >= 4 is 17.6 Å². The lowest BCUT2D eigenvalue weighted by molar-refractivity contribution is -0.132. The van der Waals surface area contributed by atoms with Crippen LogP contribution in [0, 0.1) is 11.7 Å². The van der Waals surface area contributed by atoms with Gasteiger partial charge in [-0.25, -0.2) is 9.18 Å². The molecular weight excluding hydrogens is 275 g/mol. The second-order valence-corrected chi connectivity index (χ2v) is 5.56. The smallest absolute Gasteiger partial charge is 0.335 e. The predicted molar refractivity (Wildman–Crippen MR) is 74.9 cm³/mol. The number of halogens is 1. The molecule has 1 amide bonds. The lowest BCUT2D eigenvalue weighted by atomic mass is 10.1. The molecular formula is C15H17FN2O3. The minimum Gasteiger partial charge on any atom is -0.478 e. The number of hydrogen-bond acceptors (Lipinski definition) is 3. The number of carboxylic acids is 1. The normalized spacial score (nSPS) is 18.7. The molecule has 0 unspecified atom stereocenters. The van der Waals surface area contributed by atoms with Gasteiger partial charge in [-0.2, -0.15) is 0 Å². The molecule has 1 aliphatic carbocycles. The fourth-order valence-corrected chi connectivity index (χ4v) is 2.65. The third kappa shape index (κ3) is 2.84. The summed E-state index contributed by atoms with van der Waals surface area (Å²) in [5.74, 6) is -1.24. The first kappa shape index (κ1) is 13.9. The van der Waals surface area contributed by atoms with Gasteiger partial charge in [0.2, 0.25) is 5.91 Å². The van der Waals surface area contributed by atoms with Crippen LogP contribution < -0.4 is 4.90 Å². The zero-order chi connectivity index (χ0) is 15.0. The first-order valence-electron chi connectivity index (χ1n) is 7.13. The van der Waals surface area contributed by atoms with Crippen LogP contribution in [0.25, 0.3) is 0 Å². The maximum absolute atomic E-state index is 14.0. The van der Waals surface area contributed by atoms with E-state index in [4.69, 9.17) is 5.11 Å². The van der Waals surface area contributed by atoms with E-state index in [2.05, 4.69) is 0 Å². The Labute approximate surface area is 122 Å². The number of aromatic carboxylic acids is 1. The number of benzene rings is 1. The highest BCUT2D eigenvalue weighted by molar-refractivity contribution is 5.88. The molecule has 1 saturated carbocycles. The Bertz CT molecular complexity index is 578. The highest BCUT2D eigenvalue weighted by Crippen LogP contribution is 2.31. The average molecular weight is 292 g/mol. The van der Waals surface area contributed by atoms with Gasteiger partial charge in [0.1, 0.15) is 5.82 Å². The van der Waals surface area contributed by atoms with Crippen molar-refractivity contribution in [2.24, 2.45) is 5.92 Å². The van der Waals surface area contributed by atoms with Gasteiger partial charge < -0.3 is 14.9 Å². The van der Waals surface area contributed by atoms with Gasteiger partial charge in [0, 0.05) is 32.1 Å². The SMILES string of the molecule is O=C(O)c1ccc(N2CCN(C(=O)C3CC3)CC2)c(F)c1. The number of amides is 1. The van der Waals surface area contributed by atoms with Crippen LogP contribution in [0.1, 0.15) is 23.2 Å². The van der Waals surface area contributed by atoms with Gasteiger partial charge in [0.15, 0.2) is 0 Å². The van der Waals surface area contributed by atoms with E-state index in [1.54, 1.807) is 0 Å². The Hall–Kier alpha value is -2.11. The van der Waals surface area contributed by atoms with Gasteiger partial charge in [-0.3, -0.25) is 4.79 Å². The Morgan fingerprint density at radius 2 is 1.81 bits per heavy atom. The summed E-state index contributed by atoms with van der Waals surface area (Å²) in [6.45, 7) is 2.33. The maximum Gasteiger partial charge on any atom is 0.335 e. The predicted octanol–water partition coefficient (Wildman–Crippen LogP) is 1.58. The Balaban J connectivity index is 1.66. The summed E-state index contributed by atoms with van der Waals surface area (Å²) in [6, 6.07) is 3.94. The fourth-order valence-electron chi connectivity index (χ4n) is 2.65. The van der Waals surface area contributed by atoms with E-state index in [-0.39, 0.29) is 17.4 Å². The molecule has 2 aliphatic rings. The summed E-state index contributed by atoms with van der Waals surface area (Å²) >= 11 is 0. The number of piperazine rings is 1. The van der Waals surface area contributed by atoms with E-state index in [0.29, 0.717) is 31.9 Å². The molecule has 112 valence electrons. The Morgan fingerprint density at radius 1 is 1.14 bits per heavy atom. The van der Waals surface area contributed by atoms with Crippen LogP contribution in [0.4, 0.5) is 10.1 Å². The third-order valence-electron chi connectivity index (χ3n) is 4.05. The van der Waals surface area contributed by atoms with E-state index in [1.807, 2.05) is 9.80 Å². The molecule has 2 fully saturated rings. The molecule has 0 atom stereocenters. The third-order valence-corrected chi connectivity index (χ3v) is 4.05. The zero-order valence-corrected chi connectivity index (χ0v) is 11.6. The number of hydrogen-bond donors (Lipinski definition) is 1. The topological polar surface area (TPSA) is 60.9 Å². The molecule has 3 rings (SSSR count). The lowest BCUT2D eigenvalue weighted by Gasteiger charge is -2.36. The molecule has 0 aromatic heterocycles. The van der Waals surface area contributed by atoms with Crippen LogP contribution >= 0.6 is 0 Å². The first-order chi connectivity index (χ1) is 10.1. The monoisotopic (exact) mass is 292 g/mol. The summed E-state index contributed by atoms with van der Waals surface area (Å²) in [6.07, 6.45) is 1.98. The summed E-state index contributed by atoms with van der Waals surface area (Å²) < 4.78 is 14.0. The molecule has 1 N–H and O–H groups in total. The molecule has 0 radical (unpaired) electrons. The Kier molecular flexibility index (Phi) is 3.53. The molecule has 1 heterocycles. The molecule has 6 heteroatoms. The quantitative estimate of drug-likeness (QED) is 0.919. The van der Waals surface area contributed by atoms with E-state index < -0.39 is 11.8 Å². The zero-order valence-electron chi connectivity index (χ0n) is 11.6. The van der Waals surface area contributed by atoms with E-state index in [0.717, 1.165) is 18.9 Å². The van der Waals surface area contributed by atoms with Crippen molar-refractivity contribution in [3.05, 3.63) is 29.6 Å². The van der Waals surface area contributed by atoms with Crippen molar-refractivity contribution in [2.75, 3.05) is 31.1 Å². The number of carbonyl (C=O) groups is 2. The highest BCUT2D eigenvalue weighted by atomic mass is 19.1. The number of carbonyl (C=O) groups excluding carboxylic acids is 1. The van der Waals surface area contributed by atoms with Crippen molar-refractivity contribution in [2.45, 2.75) is 12.8 Å². The van der Waals surface area contributed by atoms with Crippen molar-refractivity contribution in [1.82, 2.24) is 4.90 Å². The van der Waals surface area contributed by atoms with Crippen LogP contribution in [-0.4, -0.2) is 48.1 Å². The molecule has 1 aromatic rings. The van der Waals surface area contributed by atoms with Gasteiger partial charge in [-0.05, 0) is 31.0 Å². The number of rotatable bonds is 3. The molecule has 21 heavy (non-hydrogen) atoms. The Morgan fingerprint density at radius 3 is 2.33 bits per heavy atom. The van der Waals surface area contributed by atoms with Crippen LogP contribution in [0.2, 0.25) is 0 Å². The minimum absolute atomic E-state index is 0.0567. The molecule has 5 nitrogen and oxygen atoms in total. The van der Waals surface area contributed by atoms with Crippen LogP contribution in [0.5, 0.6) is 0 Å². The van der Waals surface area contributed by atoms with Crippen LogP contribution in [0.3, 0.4) is 0 Å². The number of nitrogens with zero attached hydrogens (tertiary/aromatic N) is 2. The van der Waals surface area contributed by atoms with Gasteiger partial charge in [0.25, 0.3) is 0 Å². The van der Waals surface area contributed by atoms with Crippen molar-refractivity contribution in [3.63, 3.8) is 0 Å². The lowest BCUT2D eigenvalue weighted by Crippen LogP contribution is -2.49. The minimum atomic E-state index is -1.14. The number of carboxylic acid groups (broad SMARTS) is 1. The summed E-state index contributed by atoms with van der Waals surface area (Å²) in [4.78, 5) is 26.5. The summed E-state index contributed by atoms with van der Waals surface area (Å²) in [7, 11) is 0.